The van der Waals surface area contributed by atoms with E-state index in [-0.39, 0.29) is 24.0 Å². The van der Waals surface area contributed by atoms with E-state index in [1.165, 1.54) is 19.2 Å². The van der Waals surface area contributed by atoms with Crippen LogP contribution in [0.5, 0.6) is 5.75 Å². The molecule has 9 heteroatoms. The fourth-order valence-electron chi connectivity index (χ4n) is 3.13. The Morgan fingerprint density at radius 1 is 0.941 bits per heavy atom. The Morgan fingerprint density at radius 3 is 2.32 bits per heavy atom. The van der Waals surface area contributed by atoms with Gasteiger partial charge in [-0.3, -0.25) is 14.2 Å². The fraction of sp³-hybridized carbons (Fsp3) is 0.120. The molecule has 0 spiro atoms. The number of thioether (sulfide) groups is 1. The average molecular weight is 478 g/mol. The van der Waals surface area contributed by atoms with E-state index in [0.29, 0.717) is 27.9 Å². The zero-order chi connectivity index (χ0) is 23.9. The highest BCUT2D eigenvalue weighted by Gasteiger charge is 2.18. The number of halogens is 1. The van der Waals surface area contributed by atoms with E-state index in [0.717, 1.165) is 17.4 Å². The van der Waals surface area contributed by atoms with Crippen LogP contribution in [0.2, 0.25) is 0 Å². The normalized spacial score (nSPS) is 10.6. The molecule has 0 aliphatic heterocycles. The van der Waals surface area contributed by atoms with Crippen molar-refractivity contribution in [3.05, 3.63) is 90.2 Å². The van der Waals surface area contributed by atoms with Crippen LogP contribution < -0.4 is 4.74 Å². The van der Waals surface area contributed by atoms with Crippen molar-refractivity contribution in [2.45, 2.75) is 5.16 Å². The van der Waals surface area contributed by atoms with Gasteiger partial charge in [-0.15, -0.1) is 10.2 Å². The van der Waals surface area contributed by atoms with E-state index in [1.54, 1.807) is 41.0 Å². The van der Waals surface area contributed by atoms with Gasteiger partial charge in [0.1, 0.15) is 11.6 Å². The predicted octanol–water partition coefficient (Wildman–Crippen LogP) is 4.60. The number of carbonyl (C=O) groups excluding carboxylic acids is 2. The van der Waals surface area contributed by atoms with Gasteiger partial charge in [0, 0.05) is 16.8 Å². The van der Waals surface area contributed by atoms with Crippen molar-refractivity contribution < 1.29 is 23.5 Å². The number of ether oxygens (including phenoxy) is 2. The molecule has 0 aliphatic carbocycles. The number of hydrogen-bond acceptors (Lipinski definition) is 7. The monoisotopic (exact) mass is 477 g/mol. The van der Waals surface area contributed by atoms with Gasteiger partial charge in [-0.25, -0.2) is 4.39 Å². The number of rotatable bonds is 9. The molecule has 7 nitrogen and oxygen atoms in total. The minimum absolute atomic E-state index is 0.0652. The van der Waals surface area contributed by atoms with Gasteiger partial charge in [0.15, 0.2) is 23.4 Å². The molecule has 34 heavy (non-hydrogen) atoms. The Bertz CT molecular complexity index is 1280. The fourth-order valence-corrected chi connectivity index (χ4v) is 3.88. The van der Waals surface area contributed by atoms with E-state index in [1.807, 2.05) is 30.3 Å². The molecule has 0 N–H and O–H groups in total. The number of ketones is 1. The standard InChI is InChI=1S/C25H20FN3O4S/c1-32-21-13-9-17(10-14-21)22(30)15-33-23(31)16-34-25-28-27-24(18-7-11-19(26)12-8-18)29(25)20-5-3-2-4-6-20/h2-14H,15-16H2,1H3. The lowest BCUT2D eigenvalue weighted by Gasteiger charge is -2.10. The molecule has 1 aromatic heterocycles. The second-order valence-electron chi connectivity index (χ2n) is 7.09. The summed E-state index contributed by atoms with van der Waals surface area (Å²) in [5, 5.41) is 8.93. The molecule has 1 heterocycles. The third kappa shape index (κ3) is 5.49. The molecule has 0 fully saturated rings. The topological polar surface area (TPSA) is 83.3 Å². The molecule has 0 saturated carbocycles. The Kier molecular flexibility index (Phi) is 7.34. The summed E-state index contributed by atoms with van der Waals surface area (Å²) in [6.07, 6.45) is 0. The second-order valence-corrected chi connectivity index (χ2v) is 8.03. The lowest BCUT2D eigenvalue weighted by Crippen LogP contribution is -2.15. The van der Waals surface area contributed by atoms with Crippen molar-refractivity contribution in [1.29, 1.82) is 0 Å². The zero-order valence-electron chi connectivity index (χ0n) is 18.2. The maximum absolute atomic E-state index is 13.4. The number of hydrogen-bond donors (Lipinski definition) is 0. The Morgan fingerprint density at radius 2 is 1.65 bits per heavy atom. The first kappa shape index (κ1) is 23.2. The van der Waals surface area contributed by atoms with Gasteiger partial charge in [0.2, 0.25) is 0 Å². The summed E-state index contributed by atoms with van der Waals surface area (Å²) >= 11 is 1.13. The molecule has 0 bridgehead atoms. The van der Waals surface area contributed by atoms with Gasteiger partial charge in [-0.2, -0.15) is 0 Å². The minimum Gasteiger partial charge on any atom is -0.497 e. The van der Waals surface area contributed by atoms with Crippen LogP contribution in [0.15, 0.2) is 84.0 Å². The van der Waals surface area contributed by atoms with Crippen LogP contribution in [0.4, 0.5) is 4.39 Å². The van der Waals surface area contributed by atoms with Crippen molar-refractivity contribution in [1.82, 2.24) is 14.8 Å². The molecule has 0 saturated heterocycles. The van der Waals surface area contributed by atoms with E-state index in [4.69, 9.17) is 9.47 Å². The van der Waals surface area contributed by atoms with Crippen LogP contribution in [0.3, 0.4) is 0 Å². The van der Waals surface area contributed by atoms with E-state index in [2.05, 4.69) is 10.2 Å². The van der Waals surface area contributed by atoms with Crippen LogP contribution in [0, 0.1) is 5.82 Å². The van der Waals surface area contributed by atoms with E-state index < -0.39 is 5.97 Å². The number of carbonyl (C=O) groups is 2. The summed E-state index contributed by atoms with van der Waals surface area (Å²) < 4.78 is 25.4. The van der Waals surface area contributed by atoms with E-state index in [9.17, 15) is 14.0 Å². The third-order valence-electron chi connectivity index (χ3n) is 4.85. The molecule has 0 aliphatic rings. The first-order valence-corrected chi connectivity index (χ1v) is 11.3. The highest BCUT2D eigenvalue weighted by Crippen LogP contribution is 2.28. The van der Waals surface area contributed by atoms with Crippen LogP contribution in [0.25, 0.3) is 17.1 Å². The number of methoxy groups -OCH3 is 1. The summed E-state index contributed by atoms with van der Waals surface area (Å²) in [7, 11) is 1.54. The summed E-state index contributed by atoms with van der Waals surface area (Å²) in [6.45, 7) is -0.363. The SMILES string of the molecule is COc1ccc(C(=O)COC(=O)CSc2nnc(-c3ccc(F)cc3)n2-c2ccccc2)cc1. The molecule has 0 unspecified atom stereocenters. The minimum atomic E-state index is -0.558. The van der Waals surface area contributed by atoms with Crippen molar-refractivity contribution in [2.75, 3.05) is 19.5 Å². The first-order chi connectivity index (χ1) is 16.5. The number of aromatic nitrogens is 3. The Balaban J connectivity index is 1.44. The molecule has 0 amide bonds. The van der Waals surface area contributed by atoms with Crippen LogP contribution >= 0.6 is 11.8 Å². The molecule has 4 rings (SSSR count). The molecular weight excluding hydrogens is 457 g/mol. The van der Waals surface area contributed by atoms with Crippen LogP contribution in [-0.4, -0.2) is 46.0 Å². The van der Waals surface area contributed by atoms with Crippen molar-refractivity contribution in [3.8, 4) is 22.8 Å². The lowest BCUT2D eigenvalue weighted by molar-refractivity contribution is -0.139. The summed E-state index contributed by atoms with van der Waals surface area (Å²) in [4.78, 5) is 24.6. The maximum atomic E-state index is 13.4. The molecule has 0 atom stereocenters. The van der Waals surface area contributed by atoms with Gasteiger partial charge >= 0.3 is 5.97 Å². The quantitative estimate of drug-likeness (QED) is 0.198. The van der Waals surface area contributed by atoms with E-state index >= 15 is 0 Å². The summed E-state index contributed by atoms with van der Waals surface area (Å²) in [6, 6.07) is 21.9. The van der Waals surface area contributed by atoms with Gasteiger partial charge in [0.25, 0.3) is 0 Å². The summed E-state index contributed by atoms with van der Waals surface area (Å²) in [5.41, 5.74) is 1.89. The van der Waals surface area contributed by atoms with Crippen LogP contribution in [-0.2, 0) is 9.53 Å². The van der Waals surface area contributed by atoms with Crippen molar-refractivity contribution in [3.63, 3.8) is 0 Å². The Hall–Kier alpha value is -3.98. The number of Topliss-reactive ketones (excluding diaryl/α,β-unsaturated/α-hetero) is 1. The van der Waals surface area contributed by atoms with Crippen molar-refractivity contribution in [2.24, 2.45) is 0 Å². The zero-order valence-corrected chi connectivity index (χ0v) is 19.0. The van der Waals surface area contributed by atoms with Gasteiger partial charge < -0.3 is 9.47 Å². The number of esters is 1. The van der Waals surface area contributed by atoms with Crippen molar-refractivity contribution >= 4 is 23.5 Å². The molecule has 4 aromatic rings. The molecule has 172 valence electrons. The molecule has 0 radical (unpaired) electrons. The maximum Gasteiger partial charge on any atom is 0.316 e. The largest absolute Gasteiger partial charge is 0.497 e. The smallest absolute Gasteiger partial charge is 0.316 e. The number of nitrogens with zero attached hydrogens (tertiary/aromatic N) is 3. The Labute approximate surface area is 199 Å². The second kappa shape index (κ2) is 10.8. The van der Waals surface area contributed by atoms with Gasteiger partial charge in [-0.1, -0.05) is 30.0 Å². The molecule has 3 aromatic carbocycles. The molecular formula is C25H20FN3O4S. The highest BCUT2D eigenvalue weighted by molar-refractivity contribution is 7.99. The van der Waals surface area contributed by atoms with Gasteiger partial charge in [0.05, 0.1) is 12.9 Å². The first-order valence-electron chi connectivity index (χ1n) is 10.3. The highest BCUT2D eigenvalue weighted by atomic mass is 32.2. The lowest BCUT2D eigenvalue weighted by atomic mass is 10.1. The predicted molar refractivity (Wildman–Crippen MR) is 126 cm³/mol. The summed E-state index contributed by atoms with van der Waals surface area (Å²) in [5.74, 6) is -0.144. The van der Waals surface area contributed by atoms with Gasteiger partial charge in [-0.05, 0) is 60.7 Å². The van der Waals surface area contributed by atoms with Crippen LogP contribution in [0.1, 0.15) is 10.4 Å². The third-order valence-corrected chi connectivity index (χ3v) is 5.75. The number of para-hydroxylation sites is 1. The average Bonchev–Trinajstić information content (AvgIpc) is 3.31. The number of benzene rings is 3.